The number of ether oxygens (including phenoxy) is 1. The topological polar surface area (TPSA) is 50.1 Å². The average Bonchev–Trinajstić information content (AvgIpc) is 3.18. The van der Waals surface area contributed by atoms with E-state index in [0.29, 0.717) is 12.2 Å². The maximum Gasteiger partial charge on any atom is 0.274 e. The molecule has 3 heterocycles. The summed E-state index contributed by atoms with van der Waals surface area (Å²) in [7, 11) is 3.80. The Hall–Kier alpha value is -2.86. The number of benzene rings is 1. The van der Waals surface area contributed by atoms with E-state index in [4.69, 9.17) is 4.74 Å². The number of methoxy groups -OCH3 is 1. The van der Waals surface area contributed by atoms with E-state index in [-0.39, 0.29) is 11.9 Å². The number of rotatable bonds is 5. The Morgan fingerprint density at radius 1 is 1.21 bits per heavy atom. The van der Waals surface area contributed by atoms with Gasteiger partial charge in [-0.05, 0) is 57.6 Å². The quantitative estimate of drug-likeness (QED) is 0.668. The standard InChI is InChI=1S/C23H28N4O2/c1-17-7-6-12-26-16-20(24-22(17)26)23(28)27(19-10-13-25(2)14-11-19)15-18-8-4-5-9-21(18)29-3/h4-9,12,16,19H,10-11,13-15H2,1-3H3. The molecule has 6 nitrogen and oxygen atoms in total. The van der Waals surface area contributed by atoms with Crippen LogP contribution in [0.2, 0.25) is 0 Å². The van der Waals surface area contributed by atoms with Crippen molar-refractivity contribution in [2.75, 3.05) is 27.2 Å². The molecule has 3 aromatic rings. The highest BCUT2D eigenvalue weighted by Crippen LogP contribution is 2.25. The molecule has 0 saturated carbocycles. The van der Waals surface area contributed by atoms with Gasteiger partial charge in [0.05, 0.1) is 7.11 Å². The molecule has 1 saturated heterocycles. The van der Waals surface area contributed by atoms with E-state index >= 15 is 0 Å². The first-order valence-corrected chi connectivity index (χ1v) is 10.1. The highest BCUT2D eigenvalue weighted by atomic mass is 16.5. The molecule has 1 fully saturated rings. The van der Waals surface area contributed by atoms with Crippen LogP contribution < -0.4 is 4.74 Å². The van der Waals surface area contributed by atoms with Crippen molar-refractivity contribution in [3.8, 4) is 5.75 Å². The number of carbonyl (C=O) groups excluding carboxylic acids is 1. The van der Waals surface area contributed by atoms with Crippen molar-refractivity contribution in [2.24, 2.45) is 0 Å². The molecule has 1 aliphatic heterocycles. The van der Waals surface area contributed by atoms with Crippen LogP contribution in [0.4, 0.5) is 0 Å². The molecular formula is C23H28N4O2. The number of amides is 1. The number of likely N-dealkylation sites (tertiary alicyclic amines) is 1. The first-order valence-electron chi connectivity index (χ1n) is 10.1. The molecule has 1 amide bonds. The van der Waals surface area contributed by atoms with Crippen molar-refractivity contribution in [3.63, 3.8) is 0 Å². The van der Waals surface area contributed by atoms with Gasteiger partial charge in [-0.2, -0.15) is 0 Å². The lowest BCUT2D eigenvalue weighted by molar-refractivity contribution is 0.0562. The van der Waals surface area contributed by atoms with Gasteiger partial charge < -0.3 is 18.9 Å². The van der Waals surface area contributed by atoms with Gasteiger partial charge in [-0.15, -0.1) is 0 Å². The second-order valence-corrected chi connectivity index (χ2v) is 7.83. The Balaban J connectivity index is 1.68. The highest BCUT2D eigenvalue weighted by molar-refractivity contribution is 5.93. The summed E-state index contributed by atoms with van der Waals surface area (Å²) in [6.45, 7) is 4.51. The molecule has 0 atom stereocenters. The van der Waals surface area contributed by atoms with Gasteiger partial charge in [-0.1, -0.05) is 24.3 Å². The van der Waals surface area contributed by atoms with Gasteiger partial charge in [0, 0.05) is 30.5 Å². The summed E-state index contributed by atoms with van der Waals surface area (Å²) in [5, 5.41) is 0. The second-order valence-electron chi connectivity index (χ2n) is 7.83. The number of hydrogen-bond acceptors (Lipinski definition) is 4. The Kier molecular flexibility index (Phi) is 5.53. The third kappa shape index (κ3) is 3.98. The SMILES string of the molecule is COc1ccccc1CN(C(=O)c1cn2cccc(C)c2n1)C1CCN(C)CC1. The third-order valence-electron chi connectivity index (χ3n) is 5.82. The molecule has 1 aromatic carbocycles. The summed E-state index contributed by atoms with van der Waals surface area (Å²) in [4.78, 5) is 22.6. The zero-order chi connectivity index (χ0) is 20.4. The molecule has 0 unspecified atom stereocenters. The number of aromatic nitrogens is 2. The number of para-hydroxylation sites is 1. The van der Waals surface area contributed by atoms with Gasteiger partial charge in [0.15, 0.2) is 0 Å². The van der Waals surface area contributed by atoms with Crippen LogP contribution in [-0.2, 0) is 6.54 Å². The largest absolute Gasteiger partial charge is 0.496 e. The van der Waals surface area contributed by atoms with Crippen LogP contribution >= 0.6 is 0 Å². The molecule has 0 spiro atoms. The van der Waals surface area contributed by atoms with Gasteiger partial charge in [0.2, 0.25) is 0 Å². The van der Waals surface area contributed by atoms with Crippen LogP contribution in [-0.4, -0.2) is 58.4 Å². The van der Waals surface area contributed by atoms with Crippen LogP contribution in [0.25, 0.3) is 5.65 Å². The van der Waals surface area contributed by atoms with E-state index in [1.807, 2.05) is 65.0 Å². The fourth-order valence-corrected chi connectivity index (χ4v) is 4.09. The van der Waals surface area contributed by atoms with Crippen LogP contribution in [0.15, 0.2) is 48.8 Å². The van der Waals surface area contributed by atoms with Gasteiger partial charge in [-0.3, -0.25) is 4.79 Å². The van der Waals surface area contributed by atoms with Gasteiger partial charge in [0.1, 0.15) is 17.1 Å². The average molecular weight is 393 g/mol. The lowest BCUT2D eigenvalue weighted by Gasteiger charge is -2.37. The minimum atomic E-state index is -0.0199. The van der Waals surface area contributed by atoms with E-state index in [1.165, 1.54) is 0 Å². The molecule has 1 aliphatic rings. The first-order chi connectivity index (χ1) is 14.1. The second kappa shape index (κ2) is 8.25. The highest BCUT2D eigenvalue weighted by Gasteiger charge is 2.30. The summed E-state index contributed by atoms with van der Waals surface area (Å²) in [5.74, 6) is 0.789. The Labute approximate surface area is 171 Å². The first kappa shape index (κ1) is 19.5. The van der Waals surface area contributed by atoms with Gasteiger partial charge in [-0.25, -0.2) is 4.98 Å². The van der Waals surface area contributed by atoms with Gasteiger partial charge in [0.25, 0.3) is 5.91 Å². The molecule has 0 aliphatic carbocycles. The maximum atomic E-state index is 13.6. The van der Waals surface area contributed by atoms with E-state index in [0.717, 1.165) is 48.5 Å². The number of hydrogen-bond donors (Lipinski definition) is 0. The zero-order valence-corrected chi connectivity index (χ0v) is 17.3. The van der Waals surface area contributed by atoms with Crippen molar-refractivity contribution in [1.29, 1.82) is 0 Å². The number of nitrogens with zero attached hydrogens (tertiary/aromatic N) is 4. The molecule has 152 valence electrons. The summed E-state index contributed by atoms with van der Waals surface area (Å²) in [6, 6.07) is 12.1. The molecule has 0 bridgehead atoms. The fourth-order valence-electron chi connectivity index (χ4n) is 4.09. The molecule has 2 aromatic heterocycles. The summed E-state index contributed by atoms with van der Waals surface area (Å²) in [5.41, 5.74) is 3.40. The minimum Gasteiger partial charge on any atom is -0.496 e. The number of carbonyl (C=O) groups is 1. The van der Waals surface area contributed by atoms with Crippen LogP contribution in [0, 0.1) is 6.92 Å². The molecule has 0 radical (unpaired) electrons. The number of piperidine rings is 1. The number of fused-ring (bicyclic) bond motifs is 1. The van der Waals surface area contributed by atoms with Crippen molar-refractivity contribution < 1.29 is 9.53 Å². The molecule has 4 rings (SSSR count). The fraction of sp³-hybridized carbons (Fsp3) is 0.391. The Morgan fingerprint density at radius 2 is 1.97 bits per heavy atom. The van der Waals surface area contributed by atoms with Crippen molar-refractivity contribution in [2.45, 2.75) is 32.4 Å². The Morgan fingerprint density at radius 3 is 2.69 bits per heavy atom. The van der Waals surface area contributed by atoms with E-state index < -0.39 is 0 Å². The lowest BCUT2D eigenvalue weighted by atomic mass is 10.0. The molecule has 0 N–H and O–H groups in total. The molecule has 6 heteroatoms. The lowest BCUT2D eigenvalue weighted by Crippen LogP contribution is -2.46. The smallest absolute Gasteiger partial charge is 0.274 e. The van der Waals surface area contributed by atoms with E-state index in [9.17, 15) is 4.79 Å². The van der Waals surface area contributed by atoms with Crippen LogP contribution in [0.5, 0.6) is 5.75 Å². The third-order valence-corrected chi connectivity index (χ3v) is 5.82. The normalized spacial score (nSPS) is 15.6. The van der Waals surface area contributed by atoms with E-state index in [2.05, 4.69) is 16.9 Å². The van der Waals surface area contributed by atoms with Crippen LogP contribution in [0.1, 0.15) is 34.5 Å². The Bertz CT molecular complexity index is 1010. The monoisotopic (exact) mass is 392 g/mol. The van der Waals surface area contributed by atoms with Crippen LogP contribution in [0.3, 0.4) is 0 Å². The minimum absolute atomic E-state index is 0.0199. The molecule has 29 heavy (non-hydrogen) atoms. The van der Waals surface area contributed by atoms with E-state index in [1.54, 1.807) is 7.11 Å². The maximum absolute atomic E-state index is 13.6. The summed E-state index contributed by atoms with van der Waals surface area (Å²) in [6.07, 6.45) is 5.70. The van der Waals surface area contributed by atoms with Crippen molar-refractivity contribution >= 4 is 11.6 Å². The number of aryl methyl sites for hydroxylation is 1. The number of pyridine rings is 1. The predicted molar refractivity (Wildman–Crippen MR) is 113 cm³/mol. The van der Waals surface area contributed by atoms with Crippen molar-refractivity contribution in [3.05, 3.63) is 65.6 Å². The molecular weight excluding hydrogens is 364 g/mol. The van der Waals surface area contributed by atoms with Crippen molar-refractivity contribution in [1.82, 2.24) is 19.2 Å². The zero-order valence-electron chi connectivity index (χ0n) is 17.3. The summed E-state index contributed by atoms with van der Waals surface area (Å²) < 4.78 is 7.46. The van der Waals surface area contributed by atoms with Gasteiger partial charge >= 0.3 is 0 Å². The summed E-state index contributed by atoms with van der Waals surface area (Å²) >= 11 is 0. The predicted octanol–water partition coefficient (Wildman–Crippen LogP) is 3.39. The number of imidazole rings is 1.